The molecule has 0 aliphatic carbocycles. The summed E-state index contributed by atoms with van der Waals surface area (Å²) in [6.45, 7) is 4.36. The van der Waals surface area contributed by atoms with E-state index < -0.39 is 0 Å². The van der Waals surface area contributed by atoms with Crippen LogP contribution in [-0.4, -0.2) is 9.30 Å². The van der Waals surface area contributed by atoms with E-state index in [-0.39, 0.29) is 0 Å². The summed E-state index contributed by atoms with van der Waals surface area (Å²) >= 11 is 8.34. The van der Waals surface area contributed by atoms with Crippen LogP contribution >= 0.6 is 34.2 Å². The van der Waals surface area contributed by atoms with Gasteiger partial charge in [-0.2, -0.15) is 0 Å². The first-order valence-electron chi connectivity index (χ1n) is 3.45. The molecule has 56 valence electrons. The van der Waals surface area contributed by atoms with Gasteiger partial charge in [-0.05, 0) is 19.3 Å². The maximum Gasteiger partial charge on any atom is 0.0333 e. The average Bonchev–Trinajstić information content (AvgIpc) is 1.83. The Morgan fingerprint density at radius 3 is 2.33 bits per heavy atom. The zero-order chi connectivity index (χ0) is 7.28. The molecule has 0 aromatic rings. The van der Waals surface area contributed by atoms with Crippen molar-refractivity contribution in [3.8, 4) is 0 Å². The predicted octanol–water partition coefficient (Wildman–Crippen LogP) is 3.61. The van der Waals surface area contributed by atoms with E-state index in [0.717, 1.165) is 10.3 Å². The second kappa shape index (κ2) is 5.78. The smallest absolute Gasteiger partial charge is 0.0333 e. The van der Waals surface area contributed by atoms with Gasteiger partial charge in [0.15, 0.2) is 0 Å². The van der Waals surface area contributed by atoms with Crippen molar-refractivity contribution in [3.63, 3.8) is 0 Å². The summed E-state index contributed by atoms with van der Waals surface area (Å²) in [5.41, 5.74) is 0. The summed E-state index contributed by atoms with van der Waals surface area (Å²) in [6.07, 6.45) is 3.52. The van der Waals surface area contributed by atoms with Crippen molar-refractivity contribution in [2.45, 2.75) is 42.4 Å². The van der Waals surface area contributed by atoms with Crippen molar-refractivity contribution in [3.05, 3.63) is 0 Å². The summed E-state index contributed by atoms with van der Waals surface area (Å²) < 4.78 is 0.774. The topological polar surface area (TPSA) is 0 Å². The molecule has 0 fully saturated rings. The van der Waals surface area contributed by atoms with Gasteiger partial charge in [-0.1, -0.05) is 36.4 Å². The third kappa shape index (κ3) is 6.91. The van der Waals surface area contributed by atoms with E-state index in [2.05, 4.69) is 36.4 Å². The van der Waals surface area contributed by atoms with Crippen molar-refractivity contribution in [2.75, 3.05) is 0 Å². The van der Waals surface area contributed by atoms with Gasteiger partial charge in [0.2, 0.25) is 0 Å². The van der Waals surface area contributed by atoms with E-state index in [0.29, 0.717) is 5.38 Å². The zero-order valence-electron chi connectivity index (χ0n) is 6.03. The molecule has 0 amide bonds. The molecule has 9 heavy (non-hydrogen) atoms. The lowest BCUT2D eigenvalue weighted by molar-refractivity contribution is 0.681. The molecule has 0 N–H and O–H groups in total. The molecule has 0 aromatic heterocycles. The first kappa shape index (κ1) is 10.0. The Morgan fingerprint density at radius 1 is 1.44 bits per heavy atom. The Hall–Kier alpha value is 1.02. The van der Waals surface area contributed by atoms with Gasteiger partial charge in [-0.15, -0.1) is 11.6 Å². The molecule has 2 unspecified atom stereocenters. The van der Waals surface area contributed by atoms with Gasteiger partial charge in [-0.3, -0.25) is 0 Å². The monoisotopic (exact) mass is 260 g/mol. The maximum atomic E-state index is 5.91. The van der Waals surface area contributed by atoms with Crippen LogP contribution in [0.3, 0.4) is 0 Å². The third-order valence-corrected chi connectivity index (χ3v) is 2.47. The summed E-state index contributed by atoms with van der Waals surface area (Å²) in [7, 11) is 0. The molecule has 0 saturated carbocycles. The molecule has 0 bridgehead atoms. The van der Waals surface area contributed by atoms with Crippen LogP contribution in [0.15, 0.2) is 0 Å². The Morgan fingerprint density at radius 2 is 2.00 bits per heavy atom. The first-order chi connectivity index (χ1) is 4.16. The minimum Gasteiger partial charge on any atom is -0.123 e. The number of rotatable bonds is 4. The molecule has 0 heterocycles. The maximum absolute atomic E-state index is 5.91. The molecule has 2 heteroatoms. The van der Waals surface area contributed by atoms with Crippen molar-refractivity contribution < 1.29 is 0 Å². The van der Waals surface area contributed by atoms with E-state index in [1.165, 1.54) is 12.8 Å². The van der Waals surface area contributed by atoms with Gasteiger partial charge in [-0.25, -0.2) is 0 Å². The van der Waals surface area contributed by atoms with E-state index in [4.69, 9.17) is 11.6 Å². The molecule has 2 atom stereocenters. The Bertz CT molecular complexity index is 63.9. The summed E-state index contributed by atoms with van der Waals surface area (Å²) in [5, 5.41) is 0.405. The highest BCUT2D eigenvalue weighted by molar-refractivity contribution is 14.1. The van der Waals surface area contributed by atoms with Crippen molar-refractivity contribution in [1.29, 1.82) is 0 Å². The lowest BCUT2D eigenvalue weighted by Gasteiger charge is -2.06. The minimum absolute atomic E-state index is 0.405. The molecular weight excluding hydrogens is 246 g/mol. The molecule has 0 rings (SSSR count). The van der Waals surface area contributed by atoms with E-state index in [9.17, 15) is 0 Å². The Kier molecular flexibility index (Phi) is 6.43. The third-order valence-electron chi connectivity index (χ3n) is 1.32. The van der Waals surface area contributed by atoms with Crippen LogP contribution in [0.2, 0.25) is 0 Å². The van der Waals surface area contributed by atoms with Crippen molar-refractivity contribution in [1.82, 2.24) is 0 Å². The zero-order valence-corrected chi connectivity index (χ0v) is 8.95. The highest BCUT2D eigenvalue weighted by Crippen LogP contribution is 2.14. The van der Waals surface area contributed by atoms with Crippen LogP contribution in [0.1, 0.15) is 33.1 Å². The van der Waals surface area contributed by atoms with Crippen LogP contribution in [0.5, 0.6) is 0 Å². The second-order valence-corrected chi connectivity index (χ2v) is 5.11. The van der Waals surface area contributed by atoms with Gasteiger partial charge in [0.25, 0.3) is 0 Å². The standard InChI is InChI=1S/C7H14ClI/c1-3-7(8)5-4-6(2)9/h6-7H,3-5H2,1-2H3. The molecule has 0 radical (unpaired) electrons. The van der Waals surface area contributed by atoms with Crippen LogP contribution in [0.4, 0.5) is 0 Å². The average molecular weight is 261 g/mol. The molecule has 0 aromatic carbocycles. The fourth-order valence-corrected chi connectivity index (χ4v) is 1.10. The fraction of sp³-hybridized carbons (Fsp3) is 1.00. The lowest BCUT2D eigenvalue weighted by Crippen LogP contribution is -1.99. The molecule has 0 aliphatic heterocycles. The van der Waals surface area contributed by atoms with Gasteiger partial charge in [0, 0.05) is 9.30 Å². The van der Waals surface area contributed by atoms with Crippen molar-refractivity contribution >= 4 is 34.2 Å². The van der Waals surface area contributed by atoms with E-state index >= 15 is 0 Å². The largest absolute Gasteiger partial charge is 0.123 e. The summed E-state index contributed by atoms with van der Waals surface area (Å²) in [5.74, 6) is 0. The molecule has 0 nitrogen and oxygen atoms in total. The molecular formula is C7H14ClI. The number of alkyl halides is 2. The van der Waals surface area contributed by atoms with Gasteiger partial charge in [0.1, 0.15) is 0 Å². The quantitative estimate of drug-likeness (QED) is 0.535. The van der Waals surface area contributed by atoms with Crippen molar-refractivity contribution in [2.24, 2.45) is 0 Å². The summed E-state index contributed by atoms with van der Waals surface area (Å²) in [4.78, 5) is 0. The van der Waals surface area contributed by atoms with E-state index in [1.54, 1.807) is 0 Å². The first-order valence-corrected chi connectivity index (χ1v) is 5.13. The number of halogens is 2. The van der Waals surface area contributed by atoms with Crippen LogP contribution in [-0.2, 0) is 0 Å². The highest BCUT2D eigenvalue weighted by atomic mass is 127. The number of hydrogen-bond acceptors (Lipinski definition) is 0. The number of hydrogen-bond donors (Lipinski definition) is 0. The Balaban J connectivity index is 3.06. The highest BCUT2D eigenvalue weighted by Gasteiger charge is 2.02. The van der Waals surface area contributed by atoms with Gasteiger partial charge >= 0.3 is 0 Å². The predicted molar refractivity (Wildman–Crippen MR) is 52.6 cm³/mol. The lowest BCUT2D eigenvalue weighted by atomic mass is 10.2. The fourth-order valence-electron chi connectivity index (χ4n) is 0.615. The van der Waals surface area contributed by atoms with Crippen LogP contribution in [0.25, 0.3) is 0 Å². The molecule has 0 aliphatic rings. The molecule has 0 spiro atoms. The second-order valence-electron chi connectivity index (χ2n) is 2.36. The van der Waals surface area contributed by atoms with E-state index in [1.807, 2.05) is 0 Å². The van der Waals surface area contributed by atoms with Gasteiger partial charge < -0.3 is 0 Å². The van der Waals surface area contributed by atoms with Gasteiger partial charge in [0.05, 0.1) is 0 Å². The molecule has 0 saturated heterocycles. The van der Waals surface area contributed by atoms with Crippen LogP contribution < -0.4 is 0 Å². The SMILES string of the molecule is CCC(Cl)CCC(C)I. The minimum atomic E-state index is 0.405. The Labute approximate surface area is 76.5 Å². The summed E-state index contributed by atoms with van der Waals surface area (Å²) in [6, 6.07) is 0. The normalized spacial score (nSPS) is 17.3. The van der Waals surface area contributed by atoms with Crippen LogP contribution in [0, 0.1) is 0 Å².